The number of nitrogens with one attached hydrogen (secondary N) is 1. The molecule has 0 unspecified atom stereocenters. The molecule has 148 valence electrons. The van der Waals surface area contributed by atoms with Crippen LogP contribution in [0, 0.1) is 6.92 Å². The average Bonchev–Trinajstić information content (AvgIpc) is 3.28. The van der Waals surface area contributed by atoms with Crippen molar-refractivity contribution < 1.29 is 17.6 Å². The van der Waals surface area contributed by atoms with Crippen LogP contribution in [-0.4, -0.2) is 36.7 Å². The zero-order chi connectivity index (χ0) is 19.7. The van der Waals surface area contributed by atoms with Crippen molar-refractivity contribution in [2.45, 2.75) is 36.8 Å². The summed E-state index contributed by atoms with van der Waals surface area (Å²) in [6.45, 7) is 2.91. The van der Waals surface area contributed by atoms with E-state index >= 15 is 0 Å². The number of hydrogen-bond acceptors (Lipinski definition) is 6. The minimum atomic E-state index is -3.46. The summed E-state index contributed by atoms with van der Waals surface area (Å²) in [5.74, 6) is 0.364. The smallest absolute Gasteiger partial charge is 0.252 e. The second kappa shape index (κ2) is 7.65. The maximum absolute atomic E-state index is 12.7. The van der Waals surface area contributed by atoms with E-state index in [0.29, 0.717) is 44.9 Å². The first-order valence-corrected chi connectivity index (χ1v) is 11.4. The lowest BCUT2D eigenvalue weighted by molar-refractivity contribution is -0.115. The number of piperidine rings is 1. The Morgan fingerprint density at radius 1 is 1.21 bits per heavy atom. The maximum atomic E-state index is 12.7. The molecule has 1 aromatic carbocycles. The van der Waals surface area contributed by atoms with Crippen LogP contribution >= 0.6 is 11.3 Å². The Bertz CT molecular complexity index is 1110. The highest BCUT2D eigenvalue weighted by molar-refractivity contribution is 7.91. The second-order valence-electron chi connectivity index (χ2n) is 6.83. The number of benzene rings is 1. The van der Waals surface area contributed by atoms with Gasteiger partial charge in [0, 0.05) is 30.6 Å². The molecule has 3 heterocycles. The number of hydrogen-bond donors (Lipinski definition) is 1. The molecule has 1 aliphatic rings. The molecule has 2 aromatic heterocycles. The fourth-order valence-electron chi connectivity index (χ4n) is 3.31. The van der Waals surface area contributed by atoms with Gasteiger partial charge in [0.2, 0.25) is 5.91 Å². The van der Waals surface area contributed by atoms with E-state index in [9.17, 15) is 13.2 Å². The molecule has 0 radical (unpaired) electrons. The summed E-state index contributed by atoms with van der Waals surface area (Å²) in [5.41, 5.74) is 1.98. The predicted octanol–water partition coefficient (Wildman–Crippen LogP) is 3.55. The summed E-state index contributed by atoms with van der Waals surface area (Å²) < 4.78 is 32.7. The van der Waals surface area contributed by atoms with Crippen molar-refractivity contribution in [3.63, 3.8) is 0 Å². The van der Waals surface area contributed by atoms with Crippen LogP contribution in [-0.2, 0) is 21.2 Å². The van der Waals surface area contributed by atoms with Gasteiger partial charge in [0.25, 0.3) is 10.0 Å². The third-order valence-electron chi connectivity index (χ3n) is 4.66. The SMILES string of the molecule is Cc1nc2cc(NC(=O)Cc3ccc(S(=O)(=O)N4CCCCC4)s3)ccc2o1. The molecule has 1 N–H and O–H groups in total. The summed E-state index contributed by atoms with van der Waals surface area (Å²) in [7, 11) is -3.46. The molecule has 0 bridgehead atoms. The van der Waals surface area contributed by atoms with Gasteiger partial charge in [-0.2, -0.15) is 4.31 Å². The van der Waals surface area contributed by atoms with E-state index in [1.807, 2.05) is 0 Å². The number of fused-ring (bicyclic) bond motifs is 1. The van der Waals surface area contributed by atoms with Gasteiger partial charge in [-0.25, -0.2) is 13.4 Å². The fraction of sp³-hybridized carbons (Fsp3) is 0.368. The number of rotatable bonds is 5. The Kier molecular flexibility index (Phi) is 5.22. The molecule has 1 fully saturated rings. The van der Waals surface area contributed by atoms with Crippen LogP contribution in [0.4, 0.5) is 5.69 Å². The molecule has 0 spiro atoms. The first-order chi connectivity index (χ1) is 13.4. The third kappa shape index (κ3) is 3.96. The molecule has 0 aliphatic carbocycles. The number of anilines is 1. The lowest BCUT2D eigenvalue weighted by Crippen LogP contribution is -2.35. The summed E-state index contributed by atoms with van der Waals surface area (Å²) in [4.78, 5) is 17.3. The van der Waals surface area contributed by atoms with E-state index in [-0.39, 0.29) is 12.3 Å². The summed E-state index contributed by atoms with van der Waals surface area (Å²) in [6.07, 6.45) is 2.99. The van der Waals surface area contributed by atoms with Crippen LogP contribution < -0.4 is 5.32 Å². The van der Waals surface area contributed by atoms with Gasteiger partial charge in [-0.15, -0.1) is 11.3 Å². The fourth-order valence-corrected chi connectivity index (χ4v) is 6.33. The van der Waals surface area contributed by atoms with E-state index in [1.165, 1.54) is 0 Å². The highest BCUT2D eigenvalue weighted by Crippen LogP contribution is 2.27. The number of aromatic nitrogens is 1. The Morgan fingerprint density at radius 3 is 2.79 bits per heavy atom. The molecule has 28 heavy (non-hydrogen) atoms. The van der Waals surface area contributed by atoms with Crippen LogP contribution in [0.25, 0.3) is 11.1 Å². The highest BCUT2D eigenvalue weighted by atomic mass is 32.2. The van der Waals surface area contributed by atoms with Gasteiger partial charge in [-0.1, -0.05) is 6.42 Å². The monoisotopic (exact) mass is 419 g/mol. The Morgan fingerprint density at radius 2 is 2.00 bits per heavy atom. The molecule has 1 amide bonds. The van der Waals surface area contributed by atoms with Crippen molar-refractivity contribution in [1.82, 2.24) is 9.29 Å². The number of carbonyl (C=O) groups is 1. The number of oxazole rings is 1. The zero-order valence-corrected chi connectivity index (χ0v) is 17.1. The third-order valence-corrected chi connectivity index (χ3v) is 8.11. The first-order valence-electron chi connectivity index (χ1n) is 9.18. The quantitative estimate of drug-likeness (QED) is 0.683. The molecule has 1 aliphatic heterocycles. The maximum Gasteiger partial charge on any atom is 0.252 e. The average molecular weight is 420 g/mol. The van der Waals surface area contributed by atoms with Gasteiger partial charge in [0.1, 0.15) is 9.73 Å². The molecule has 3 aromatic rings. The van der Waals surface area contributed by atoms with Crippen molar-refractivity contribution in [2.24, 2.45) is 0 Å². The van der Waals surface area contributed by atoms with Crippen molar-refractivity contribution in [3.05, 3.63) is 41.1 Å². The largest absolute Gasteiger partial charge is 0.441 e. The Balaban J connectivity index is 1.43. The number of amides is 1. The second-order valence-corrected chi connectivity index (χ2v) is 10.2. The highest BCUT2D eigenvalue weighted by Gasteiger charge is 2.27. The van der Waals surface area contributed by atoms with Crippen LogP contribution in [0.15, 0.2) is 39.0 Å². The van der Waals surface area contributed by atoms with Gasteiger partial charge in [-0.3, -0.25) is 4.79 Å². The number of thiophene rings is 1. The molecule has 0 saturated carbocycles. The lowest BCUT2D eigenvalue weighted by atomic mass is 10.2. The number of carbonyl (C=O) groups excluding carboxylic acids is 1. The van der Waals surface area contributed by atoms with E-state index in [2.05, 4.69) is 10.3 Å². The number of nitrogens with zero attached hydrogens (tertiary/aromatic N) is 2. The normalized spacial score (nSPS) is 15.8. The Hall–Kier alpha value is -2.23. The predicted molar refractivity (Wildman–Crippen MR) is 108 cm³/mol. The van der Waals surface area contributed by atoms with Crippen LogP contribution in [0.3, 0.4) is 0 Å². The van der Waals surface area contributed by atoms with Gasteiger partial charge in [0.15, 0.2) is 11.5 Å². The van der Waals surface area contributed by atoms with Gasteiger partial charge in [0.05, 0.1) is 6.42 Å². The van der Waals surface area contributed by atoms with Gasteiger partial charge >= 0.3 is 0 Å². The molecular formula is C19H21N3O4S2. The van der Waals surface area contributed by atoms with E-state index < -0.39 is 10.0 Å². The van der Waals surface area contributed by atoms with Gasteiger partial charge < -0.3 is 9.73 Å². The van der Waals surface area contributed by atoms with Crippen molar-refractivity contribution >= 4 is 44.1 Å². The standard InChI is InChI=1S/C19H21N3O4S2/c1-13-20-16-11-14(5-7-17(16)26-13)21-18(23)12-15-6-8-19(27-15)28(24,25)22-9-3-2-4-10-22/h5-8,11H,2-4,9-10,12H2,1H3,(H,21,23). The van der Waals surface area contributed by atoms with Crippen LogP contribution in [0.5, 0.6) is 0 Å². The van der Waals surface area contributed by atoms with Crippen molar-refractivity contribution in [3.8, 4) is 0 Å². The minimum absolute atomic E-state index is 0.121. The molecule has 1 saturated heterocycles. The molecule has 4 rings (SSSR count). The minimum Gasteiger partial charge on any atom is -0.441 e. The Labute approximate surface area is 167 Å². The summed E-state index contributed by atoms with van der Waals surface area (Å²) in [6, 6.07) is 8.59. The zero-order valence-electron chi connectivity index (χ0n) is 15.5. The molecule has 9 heteroatoms. The molecule has 0 atom stereocenters. The summed E-state index contributed by atoms with van der Waals surface area (Å²) >= 11 is 1.16. The first kappa shape index (κ1) is 19.1. The van der Waals surface area contributed by atoms with E-state index in [0.717, 1.165) is 30.6 Å². The number of aryl methyl sites for hydroxylation is 1. The van der Waals surface area contributed by atoms with Gasteiger partial charge in [-0.05, 0) is 43.2 Å². The molecular weight excluding hydrogens is 398 g/mol. The van der Waals surface area contributed by atoms with Crippen LogP contribution in [0.2, 0.25) is 0 Å². The van der Waals surface area contributed by atoms with Crippen molar-refractivity contribution in [1.29, 1.82) is 0 Å². The van der Waals surface area contributed by atoms with Crippen molar-refractivity contribution in [2.75, 3.05) is 18.4 Å². The lowest BCUT2D eigenvalue weighted by Gasteiger charge is -2.25. The summed E-state index contributed by atoms with van der Waals surface area (Å²) in [5, 5.41) is 2.83. The topological polar surface area (TPSA) is 92.5 Å². The number of sulfonamides is 1. The van der Waals surface area contributed by atoms with Crippen LogP contribution in [0.1, 0.15) is 30.0 Å². The van der Waals surface area contributed by atoms with E-state index in [4.69, 9.17) is 4.42 Å². The molecule has 7 nitrogen and oxygen atoms in total. The van der Waals surface area contributed by atoms with E-state index in [1.54, 1.807) is 41.6 Å².